The molecule has 0 radical (unpaired) electrons. The summed E-state index contributed by atoms with van der Waals surface area (Å²) in [5.74, 6) is -0.316. The van der Waals surface area contributed by atoms with Crippen LogP contribution in [-0.4, -0.2) is 20.9 Å². The first-order valence-electron chi connectivity index (χ1n) is 8.70. The Morgan fingerprint density at radius 2 is 1.00 bits per heavy atom. The Kier molecular flexibility index (Phi) is 3.98. The Hall–Kier alpha value is -2.18. The minimum atomic E-state index is -4.15. The highest BCUT2D eigenvalue weighted by atomic mass is 32.3. The van der Waals surface area contributed by atoms with Crippen LogP contribution >= 0.6 is 0 Å². The largest absolute Gasteiger partial charge is 0.222 e. The maximum absolute atomic E-state index is 13.7. The number of benzene rings is 2. The van der Waals surface area contributed by atoms with Crippen LogP contribution in [0.5, 0.6) is 0 Å². The van der Waals surface area contributed by atoms with Crippen molar-refractivity contribution >= 4 is 19.7 Å². The van der Waals surface area contributed by atoms with E-state index < -0.39 is 23.8 Å². The molecular formula is C21H20O4S2. The van der Waals surface area contributed by atoms with Crippen LogP contribution in [0.2, 0.25) is 0 Å². The summed E-state index contributed by atoms with van der Waals surface area (Å²) in [7, 11) is -8.30. The maximum Gasteiger partial charge on any atom is 0.198 e. The molecule has 2 aromatic rings. The summed E-state index contributed by atoms with van der Waals surface area (Å²) in [5, 5.41) is 0. The van der Waals surface area contributed by atoms with Crippen molar-refractivity contribution in [2.24, 2.45) is 11.8 Å². The van der Waals surface area contributed by atoms with Crippen molar-refractivity contribution in [2.45, 2.75) is 26.7 Å². The third-order valence-electron chi connectivity index (χ3n) is 5.94. The standard InChI is InChI=1S/C21H20O4S2/c1-15-16(2)20-14-21(13-19(15)20,26(22,23)17-9-5-3-6-10-17)27(24,25)18-11-7-4-8-12-18/h3-12,19-20H,1-2,13-14H2. The summed E-state index contributed by atoms with van der Waals surface area (Å²) in [6.45, 7) is 7.94. The number of hydrogen-bond acceptors (Lipinski definition) is 4. The smallest absolute Gasteiger partial charge is 0.198 e. The fourth-order valence-electron chi connectivity index (χ4n) is 4.36. The minimum Gasteiger partial charge on any atom is -0.222 e. The van der Waals surface area contributed by atoms with Crippen LogP contribution in [-0.2, 0) is 19.7 Å². The summed E-state index contributed by atoms with van der Waals surface area (Å²) in [6, 6.07) is 15.7. The van der Waals surface area contributed by atoms with E-state index in [1.807, 2.05) is 0 Å². The molecule has 6 heteroatoms. The van der Waals surface area contributed by atoms with Gasteiger partial charge in [0.1, 0.15) is 0 Å². The van der Waals surface area contributed by atoms with Gasteiger partial charge in [0.05, 0.1) is 9.79 Å². The highest BCUT2D eigenvalue weighted by molar-refractivity contribution is 8.10. The normalized spacial score (nSPS) is 24.3. The highest BCUT2D eigenvalue weighted by Gasteiger charge is 2.66. The van der Waals surface area contributed by atoms with E-state index >= 15 is 0 Å². The van der Waals surface area contributed by atoms with Crippen LogP contribution in [0.15, 0.2) is 94.8 Å². The van der Waals surface area contributed by atoms with Crippen molar-refractivity contribution in [3.05, 3.63) is 85.0 Å². The van der Waals surface area contributed by atoms with Crippen molar-refractivity contribution in [3.63, 3.8) is 0 Å². The van der Waals surface area contributed by atoms with Crippen LogP contribution in [0.25, 0.3) is 0 Å². The molecule has 27 heavy (non-hydrogen) atoms. The Balaban J connectivity index is 1.96. The van der Waals surface area contributed by atoms with Gasteiger partial charge < -0.3 is 0 Å². The van der Waals surface area contributed by atoms with Crippen molar-refractivity contribution in [1.82, 2.24) is 0 Å². The van der Waals surface area contributed by atoms with Gasteiger partial charge in [-0.15, -0.1) is 0 Å². The molecule has 2 atom stereocenters. The summed E-state index contributed by atoms with van der Waals surface area (Å²) in [6.07, 6.45) is 0.0357. The van der Waals surface area contributed by atoms with E-state index in [2.05, 4.69) is 13.2 Å². The number of allylic oxidation sites excluding steroid dienone is 2. The van der Waals surface area contributed by atoms with Gasteiger partial charge in [-0.25, -0.2) is 16.8 Å². The minimum absolute atomic E-state index is 0.0178. The first-order valence-corrected chi connectivity index (χ1v) is 11.7. The van der Waals surface area contributed by atoms with Crippen LogP contribution in [0.4, 0.5) is 0 Å². The van der Waals surface area contributed by atoms with Gasteiger partial charge in [0.15, 0.2) is 23.8 Å². The fourth-order valence-corrected chi connectivity index (χ4v) is 9.58. The summed E-state index contributed by atoms with van der Waals surface area (Å²) in [4.78, 5) is 0.0593. The first-order chi connectivity index (χ1) is 12.7. The highest BCUT2D eigenvalue weighted by Crippen LogP contribution is 2.62. The molecule has 0 aromatic heterocycles. The second-order valence-electron chi connectivity index (χ2n) is 7.22. The van der Waals surface area contributed by atoms with Gasteiger partial charge in [-0.3, -0.25) is 0 Å². The molecule has 0 aliphatic heterocycles. The third kappa shape index (κ3) is 2.33. The van der Waals surface area contributed by atoms with Crippen molar-refractivity contribution in [2.75, 3.05) is 0 Å². The monoisotopic (exact) mass is 400 g/mol. The lowest BCUT2D eigenvalue weighted by Gasteiger charge is -2.35. The Morgan fingerprint density at radius 3 is 1.33 bits per heavy atom. The third-order valence-corrected chi connectivity index (χ3v) is 11.7. The molecule has 2 unspecified atom stereocenters. The Bertz CT molecular complexity index is 1040. The number of sulfone groups is 2. The molecule has 0 spiro atoms. The fraction of sp³-hybridized carbons (Fsp3) is 0.238. The molecule has 4 rings (SSSR count). The Morgan fingerprint density at radius 1 is 0.667 bits per heavy atom. The lowest BCUT2D eigenvalue weighted by Crippen LogP contribution is -2.44. The summed E-state index contributed by atoms with van der Waals surface area (Å²) < 4.78 is 52.8. The van der Waals surface area contributed by atoms with Gasteiger partial charge in [-0.1, -0.05) is 49.6 Å². The lowest BCUT2D eigenvalue weighted by atomic mass is 9.68. The van der Waals surface area contributed by atoms with Crippen molar-refractivity contribution in [1.29, 1.82) is 0 Å². The van der Waals surface area contributed by atoms with E-state index in [4.69, 9.17) is 0 Å². The molecule has 4 nitrogen and oxygen atoms in total. The van der Waals surface area contributed by atoms with Gasteiger partial charge in [0.2, 0.25) is 0 Å². The second-order valence-corrected chi connectivity index (χ2v) is 12.0. The zero-order chi connectivity index (χ0) is 19.4. The zero-order valence-corrected chi connectivity index (χ0v) is 16.3. The van der Waals surface area contributed by atoms with E-state index in [1.165, 1.54) is 24.3 Å². The molecule has 0 saturated heterocycles. The SMILES string of the molecule is C=C1C(=C)C2CC(S(=O)(=O)c3ccccc3)(S(=O)(=O)c3ccccc3)CC12. The molecule has 0 heterocycles. The Labute approximate surface area is 160 Å². The molecule has 0 bridgehead atoms. The van der Waals surface area contributed by atoms with E-state index in [1.54, 1.807) is 36.4 Å². The van der Waals surface area contributed by atoms with Gasteiger partial charge in [0, 0.05) is 0 Å². The van der Waals surface area contributed by atoms with Crippen molar-refractivity contribution in [3.8, 4) is 0 Å². The molecule has 0 N–H and O–H groups in total. The molecular weight excluding hydrogens is 380 g/mol. The summed E-state index contributed by atoms with van der Waals surface area (Å²) in [5.41, 5.74) is 1.54. The topological polar surface area (TPSA) is 68.3 Å². The van der Waals surface area contributed by atoms with E-state index in [-0.39, 0.29) is 34.5 Å². The van der Waals surface area contributed by atoms with Gasteiger partial charge in [-0.05, 0) is 60.1 Å². The van der Waals surface area contributed by atoms with Crippen molar-refractivity contribution < 1.29 is 16.8 Å². The molecule has 2 aliphatic rings. The predicted molar refractivity (Wildman–Crippen MR) is 104 cm³/mol. The maximum atomic E-state index is 13.7. The number of hydrogen-bond donors (Lipinski definition) is 0. The second kappa shape index (κ2) is 5.91. The predicted octanol–water partition coefficient (Wildman–Crippen LogP) is 3.78. The van der Waals surface area contributed by atoms with E-state index in [9.17, 15) is 16.8 Å². The molecule has 140 valence electrons. The average Bonchev–Trinajstić information content (AvgIpc) is 3.08. The van der Waals surface area contributed by atoms with E-state index in [0.29, 0.717) is 0 Å². The molecule has 2 aromatic carbocycles. The lowest BCUT2D eigenvalue weighted by molar-refractivity contribution is 0.431. The van der Waals surface area contributed by atoms with Gasteiger partial charge >= 0.3 is 0 Å². The van der Waals surface area contributed by atoms with Crippen LogP contribution < -0.4 is 0 Å². The van der Waals surface area contributed by atoms with Crippen LogP contribution in [0, 0.1) is 11.8 Å². The van der Waals surface area contributed by atoms with Crippen LogP contribution in [0.3, 0.4) is 0 Å². The molecule has 2 saturated carbocycles. The molecule has 0 amide bonds. The number of fused-ring (bicyclic) bond motifs is 1. The summed E-state index contributed by atoms with van der Waals surface area (Å²) >= 11 is 0. The van der Waals surface area contributed by atoms with Gasteiger partial charge in [-0.2, -0.15) is 0 Å². The molecule has 2 fully saturated rings. The van der Waals surface area contributed by atoms with Crippen LogP contribution in [0.1, 0.15) is 12.8 Å². The zero-order valence-electron chi connectivity index (χ0n) is 14.7. The molecule has 2 aliphatic carbocycles. The first kappa shape index (κ1) is 18.2. The average molecular weight is 401 g/mol. The van der Waals surface area contributed by atoms with Gasteiger partial charge in [0.25, 0.3) is 0 Å². The number of rotatable bonds is 4. The van der Waals surface area contributed by atoms with E-state index in [0.717, 1.165) is 11.1 Å². The quantitative estimate of drug-likeness (QED) is 0.783.